The normalized spacial score (nSPS) is 17.9. The molecule has 0 bridgehead atoms. The largest absolute Gasteiger partial charge is 0.416 e. The second-order valence-electron chi connectivity index (χ2n) is 6.79. The zero-order valence-electron chi connectivity index (χ0n) is 15.5. The van der Waals surface area contributed by atoms with Crippen molar-refractivity contribution in [2.45, 2.75) is 36.9 Å². The maximum absolute atomic E-state index is 12.7. The topological polar surface area (TPSA) is 78.5 Å². The summed E-state index contributed by atoms with van der Waals surface area (Å²) in [7, 11) is -3.58. The quantitative estimate of drug-likeness (QED) is 0.753. The van der Waals surface area contributed by atoms with Crippen LogP contribution < -0.4 is 10.6 Å². The Morgan fingerprint density at radius 2 is 1.52 bits per heavy atom. The molecule has 2 amide bonds. The molecule has 0 spiro atoms. The molecule has 10 heteroatoms. The van der Waals surface area contributed by atoms with Crippen LogP contribution in [0.4, 0.5) is 29.3 Å². The van der Waals surface area contributed by atoms with E-state index in [1.807, 2.05) is 6.92 Å². The summed E-state index contributed by atoms with van der Waals surface area (Å²) in [6, 6.07) is 9.07. The number of amides is 2. The van der Waals surface area contributed by atoms with Crippen molar-refractivity contribution < 1.29 is 26.4 Å². The molecule has 29 heavy (non-hydrogen) atoms. The van der Waals surface area contributed by atoms with Crippen molar-refractivity contribution in [1.82, 2.24) is 4.31 Å². The molecule has 2 aromatic rings. The van der Waals surface area contributed by atoms with Gasteiger partial charge in [0.2, 0.25) is 10.0 Å². The van der Waals surface area contributed by atoms with Crippen LogP contribution >= 0.6 is 0 Å². The molecule has 2 aromatic carbocycles. The van der Waals surface area contributed by atoms with Crippen molar-refractivity contribution in [2.24, 2.45) is 0 Å². The van der Waals surface area contributed by atoms with Gasteiger partial charge in [0.15, 0.2) is 0 Å². The summed E-state index contributed by atoms with van der Waals surface area (Å²) in [4.78, 5) is 12.2. The lowest BCUT2D eigenvalue weighted by atomic mass is 10.2. The van der Waals surface area contributed by atoms with Gasteiger partial charge in [0.1, 0.15) is 0 Å². The lowest BCUT2D eigenvalue weighted by molar-refractivity contribution is -0.137. The van der Waals surface area contributed by atoms with E-state index in [1.54, 1.807) is 0 Å². The Bertz CT molecular complexity index is 974. The van der Waals surface area contributed by atoms with Gasteiger partial charge >= 0.3 is 12.2 Å². The highest BCUT2D eigenvalue weighted by atomic mass is 32.2. The maximum Gasteiger partial charge on any atom is 0.416 e. The Balaban J connectivity index is 1.63. The molecule has 6 nitrogen and oxygen atoms in total. The first-order chi connectivity index (χ1) is 13.6. The summed E-state index contributed by atoms with van der Waals surface area (Å²) in [6.07, 6.45) is -2.80. The second kappa shape index (κ2) is 8.03. The van der Waals surface area contributed by atoms with E-state index in [4.69, 9.17) is 0 Å². The van der Waals surface area contributed by atoms with Gasteiger partial charge in [0.05, 0.1) is 10.5 Å². The van der Waals surface area contributed by atoms with Crippen molar-refractivity contribution in [3.8, 4) is 0 Å². The summed E-state index contributed by atoms with van der Waals surface area (Å²) < 4.78 is 64.5. The fourth-order valence-corrected chi connectivity index (χ4v) is 4.85. The highest BCUT2D eigenvalue weighted by Gasteiger charge is 2.32. The van der Waals surface area contributed by atoms with E-state index >= 15 is 0 Å². The number of anilines is 2. The van der Waals surface area contributed by atoms with Crippen LogP contribution in [-0.4, -0.2) is 31.3 Å². The number of carbonyl (C=O) groups excluding carboxylic acids is 1. The zero-order valence-corrected chi connectivity index (χ0v) is 16.3. The van der Waals surface area contributed by atoms with Crippen LogP contribution in [0.25, 0.3) is 0 Å². The number of urea groups is 1. The molecule has 1 fully saturated rings. The van der Waals surface area contributed by atoms with E-state index < -0.39 is 27.8 Å². The Hall–Kier alpha value is -2.59. The van der Waals surface area contributed by atoms with Crippen LogP contribution in [0, 0.1) is 0 Å². The number of nitrogens with zero attached hydrogens (tertiary/aromatic N) is 1. The van der Waals surface area contributed by atoms with Crippen LogP contribution in [0.1, 0.15) is 25.3 Å². The Morgan fingerprint density at radius 1 is 1.00 bits per heavy atom. The molecule has 0 saturated carbocycles. The van der Waals surface area contributed by atoms with E-state index in [0.717, 1.165) is 37.1 Å². The zero-order chi connectivity index (χ0) is 21.2. The van der Waals surface area contributed by atoms with E-state index in [9.17, 15) is 26.4 Å². The van der Waals surface area contributed by atoms with Crippen LogP contribution in [0.2, 0.25) is 0 Å². The monoisotopic (exact) mass is 427 g/mol. The maximum atomic E-state index is 12.7. The molecular formula is C19H20F3N3O3S. The minimum atomic E-state index is -4.45. The van der Waals surface area contributed by atoms with Crippen molar-refractivity contribution in [1.29, 1.82) is 0 Å². The Kier molecular flexibility index (Phi) is 5.85. The molecule has 0 aliphatic carbocycles. The molecule has 1 saturated heterocycles. The fourth-order valence-electron chi connectivity index (χ4n) is 3.15. The summed E-state index contributed by atoms with van der Waals surface area (Å²) in [5, 5.41) is 4.93. The highest BCUT2D eigenvalue weighted by Crippen LogP contribution is 2.30. The van der Waals surface area contributed by atoms with Gasteiger partial charge in [-0.15, -0.1) is 0 Å². The van der Waals surface area contributed by atoms with Crippen molar-refractivity contribution >= 4 is 27.4 Å². The molecule has 1 aliphatic rings. The standard InChI is InChI=1S/C19H20F3N3O3S/c1-13-3-2-12-25(13)29(27,28)17-10-8-16(9-11-17)24-18(26)23-15-6-4-14(5-7-15)19(20,21)22/h4-11,13H,2-3,12H2,1H3,(H2,23,24,26). The Labute approximate surface area is 166 Å². The van der Waals surface area contributed by atoms with Crippen LogP contribution in [0.5, 0.6) is 0 Å². The van der Waals surface area contributed by atoms with Crippen LogP contribution in [0.15, 0.2) is 53.4 Å². The summed E-state index contributed by atoms with van der Waals surface area (Å²) in [6.45, 7) is 2.35. The molecule has 0 aromatic heterocycles. The van der Waals surface area contributed by atoms with Gasteiger partial charge in [-0.2, -0.15) is 17.5 Å². The van der Waals surface area contributed by atoms with Crippen molar-refractivity contribution in [2.75, 3.05) is 17.2 Å². The molecule has 3 rings (SSSR count). The number of rotatable bonds is 4. The number of sulfonamides is 1. The van der Waals surface area contributed by atoms with E-state index in [2.05, 4.69) is 10.6 Å². The SMILES string of the molecule is CC1CCCN1S(=O)(=O)c1ccc(NC(=O)Nc2ccc(C(F)(F)F)cc2)cc1. The van der Waals surface area contributed by atoms with Gasteiger partial charge in [-0.3, -0.25) is 0 Å². The first kappa shape index (κ1) is 21.1. The number of halogens is 3. The third-order valence-electron chi connectivity index (χ3n) is 4.68. The first-order valence-electron chi connectivity index (χ1n) is 8.94. The van der Waals surface area contributed by atoms with E-state index in [1.165, 1.54) is 28.6 Å². The van der Waals surface area contributed by atoms with Crippen LogP contribution in [-0.2, 0) is 16.2 Å². The lowest BCUT2D eigenvalue weighted by Gasteiger charge is -2.21. The number of hydrogen-bond donors (Lipinski definition) is 2. The fraction of sp³-hybridized carbons (Fsp3) is 0.316. The van der Waals surface area contributed by atoms with Gasteiger partial charge in [-0.05, 0) is 68.3 Å². The van der Waals surface area contributed by atoms with Gasteiger partial charge in [-0.1, -0.05) is 0 Å². The average Bonchev–Trinajstić information content (AvgIpc) is 3.08. The number of hydrogen-bond acceptors (Lipinski definition) is 3. The van der Waals surface area contributed by atoms with Crippen molar-refractivity contribution in [3.05, 3.63) is 54.1 Å². The lowest BCUT2D eigenvalue weighted by Crippen LogP contribution is -2.33. The number of carbonyl (C=O) groups is 1. The number of nitrogens with one attached hydrogen (secondary N) is 2. The summed E-state index contributed by atoms with van der Waals surface area (Å²) >= 11 is 0. The molecule has 1 atom stereocenters. The highest BCUT2D eigenvalue weighted by molar-refractivity contribution is 7.89. The molecule has 1 heterocycles. The molecule has 1 aliphatic heterocycles. The van der Waals surface area contributed by atoms with Gasteiger partial charge in [0, 0.05) is 24.0 Å². The molecular weight excluding hydrogens is 407 g/mol. The minimum absolute atomic E-state index is 0.0488. The van der Waals surface area contributed by atoms with Crippen LogP contribution in [0.3, 0.4) is 0 Å². The molecule has 2 N–H and O–H groups in total. The third kappa shape index (κ3) is 4.88. The summed E-state index contributed by atoms with van der Waals surface area (Å²) in [5.74, 6) is 0. The predicted molar refractivity (Wildman–Crippen MR) is 103 cm³/mol. The van der Waals surface area contributed by atoms with E-state index in [-0.39, 0.29) is 16.6 Å². The summed E-state index contributed by atoms with van der Waals surface area (Å²) in [5.41, 5.74) is -0.270. The van der Waals surface area contributed by atoms with Crippen molar-refractivity contribution in [3.63, 3.8) is 0 Å². The first-order valence-corrected chi connectivity index (χ1v) is 10.4. The minimum Gasteiger partial charge on any atom is -0.308 e. The predicted octanol–water partition coefficient (Wildman–Crippen LogP) is 4.52. The molecule has 0 radical (unpaired) electrons. The van der Waals surface area contributed by atoms with E-state index in [0.29, 0.717) is 12.2 Å². The average molecular weight is 427 g/mol. The van der Waals surface area contributed by atoms with Gasteiger partial charge < -0.3 is 10.6 Å². The number of alkyl halides is 3. The molecule has 156 valence electrons. The smallest absolute Gasteiger partial charge is 0.308 e. The molecule has 1 unspecified atom stereocenters. The Morgan fingerprint density at radius 3 is 1.97 bits per heavy atom. The van der Waals surface area contributed by atoms with Gasteiger partial charge in [-0.25, -0.2) is 13.2 Å². The second-order valence-corrected chi connectivity index (χ2v) is 8.68. The number of benzene rings is 2. The third-order valence-corrected chi connectivity index (χ3v) is 6.71. The van der Waals surface area contributed by atoms with Gasteiger partial charge in [0.25, 0.3) is 0 Å².